The van der Waals surface area contributed by atoms with Crippen LogP contribution in [0.1, 0.15) is 18.0 Å². The molecule has 1 aliphatic heterocycles. The van der Waals surface area contributed by atoms with E-state index in [2.05, 4.69) is 0 Å². The van der Waals surface area contributed by atoms with Crippen molar-refractivity contribution in [2.45, 2.75) is 24.7 Å². The summed E-state index contributed by atoms with van der Waals surface area (Å²) in [6, 6.07) is 7.48. The van der Waals surface area contributed by atoms with Gasteiger partial charge in [-0.25, -0.2) is 0 Å². The molecule has 0 radical (unpaired) electrons. The maximum Gasteiger partial charge on any atom is 0.0938 e. The van der Waals surface area contributed by atoms with Gasteiger partial charge in [0.15, 0.2) is 0 Å². The van der Waals surface area contributed by atoms with E-state index in [1.807, 2.05) is 29.2 Å². The van der Waals surface area contributed by atoms with Crippen molar-refractivity contribution in [2.75, 3.05) is 19.6 Å². The minimum absolute atomic E-state index is 0.0708. The monoisotopic (exact) mass is 270 g/mol. The van der Waals surface area contributed by atoms with Gasteiger partial charge in [-0.3, -0.25) is 4.90 Å². The average molecular weight is 271 g/mol. The lowest BCUT2D eigenvalue weighted by molar-refractivity contribution is 0.0572. The maximum absolute atomic E-state index is 9.45. The van der Waals surface area contributed by atoms with Crippen molar-refractivity contribution in [2.24, 2.45) is 5.73 Å². The Balaban J connectivity index is 1.83. The second-order valence-corrected chi connectivity index (χ2v) is 5.28. The first kappa shape index (κ1) is 13.8. The summed E-state index contributed by atoms with van der Waals surface area (Å²) in [6.07, 6.45) is -0.487. The second-order valence-electron chi connectivity index (χ2n) is 4.84. The highest BCUT2D eigenvalue weighted by Gasteiger charge is 2.29. The molecule has 0 bridgehead atoms. The Labute approximate surface area is 112 Å². The lowest BCUT2D eigenvalue weighted by Crippen LogP contribution is -2.26. The number of benzene rings is 1. The lowest BCUT2D eigenvalue weighted by Gasteiger charge is -2.18. The van der Waals surface area contributed by atoms with Gasteiger partial charge in [-0.15, -0.1) is 0 Å². The Morgan fingerprint density at radius 3 is 2.61 bits per heavy atom. The van der Waals surface area contributed by atoms with E-state index in [1.165, 1.54) is 0 Å². The first-order valence-electron chi connectivity index (χ1n) is 6.16. The number of likely N-dealkylation sites (tertiary alicyclic amines) is 1. The van der Waals surface area contributed by atoms with E-state index >= 15 is 0 Å². The van der Waals surface area contributed by atoms with E-state index in [1.54, 1.807) is 0 Å². The topological polar surface area (TPSA) is 69.7 Å². The van der Waals surface area contributed by atoms with Crippen LogP contribution in [0, 0.1) is 0 Å². The number of hydrogen-bond acceptors (Lipinski definition) is 4. The van der Waals surface area contributed by atoms with E-state index in [0.717, 1.165) is 18.5 Å². The molecule has 1 aromatic rings. The fourth-order valence-corrected chi connectivity index (χ4v) is 2.45. The van der Waals surface area contributed by atoms with Crippen LogP contribution >= 0.6 is 11.6 Å². The fraction of sp³-hybridized carbons (Fsp3) is 0.538. The molecule has 0 spiro atoms. The van der Waals surface area contributed by atoms with Gasteiger partial charge >= 0.3 is 0 Å². The van der Waals surface area contributed by atoms with E-state index in [4.69, 9.17) is 17.3 Å². The van der Waals surface area contributed by atoms with Crippen LogP contribution in [0.5, 0.6) is 0 Å². The molecule has 0 amide bonds. The third kappa shape index (κ3) is 3.43. The van der Waals surface area contributed by atoms with Gasteiger partial charge in [0.2, 0.25) is 0 Å². The zero-order valence-corrected chi connectivity index (χ0v) is 10.9. The number of aliphatic hydroxyl groups excluding tert-OH is 2. The third-order valence-corrected chi connectivity index (χ3v) is 3.60. The molecule has 4 nitrogen and oxygen atoms in total. The minimum Gasteiger partial charge on any atom is -0.389 e. The molecule has 1 heterocycles. The zero-order valence-electron chi connectivity index (χ0n) is 10.2. The SMILES string of the molecule is NC(CCN1CC(O)C(O)C1)c1cccc(Cl)c1. The van der Waals surface area contributed by atoms with Crippen molar-refractivity contribution < 1.29 is 10.2 Å². The van der Waals surface area contributed by atoms with Gasteiger partial charge in [0.25, 0.3) is 0 Å². The molecular weight excluding hydrogens is 252 g/mol. The number of halogens is 1. The molecule has 0 aromatic heterocycles. The summed E-state index contributed by atoms with van der Waals surface area (Å²) in [4.78, 5) is 2.03. The van der Waals surface area contributed by atoms with Crippen molar-refractivity contribution in [3.8, 4) is 0 Å². The highest BCUT2D eigenvalue weighted by Crippen LogP contribution is 2.19. The molecule has 1 saturated heterocycles. The van der Waals surface area contributed by atoms with Gasteiger partial charge in [0, 0.05) is 30.7 Å². The number of nitrogens with two attached hydrogens (primary N) is 1. The van der Waals surface area contributed by atoms with Crippen LogP contribution in [0.15, 0.2) is 24.3 Å². The fourth-order valence-electron chi connectivity index (χ4n) is 2.26. The molecule has 18 heavy (non-hydrogen) atoms. The van der Waals surface area contributed by atoms with Crippen LogP contribution in [0.4, 0.5) is 0 Å². The molecule has 2 rings (SSSR count). The van der Waals surface area contributed by atoms with Crippen molar-refractivity contribution >= 4 is 11.6 Å². The number of aliphatic hydroxyl groups is 2. The van der Waals surface area contributed by atoms with Crippen molar-refractivity contribution in [3.05, 3.63) is 34.9 Å². The molecule has 100 valence electrons. The Kier molecular flexibility index (Phi) is 4.59. The number of nitrogens with zero attached hydrogens (tertiary/aromatic N) is 1. The predicted molar refractivity (Wildman–Crippen MR) is 71.5 cm³/mol. The van der Waals surface area contributed by atoms with Crippen molar-refractivity contribution in [3.63, 3.8) is 0 Å². The summed E-state index contributed by atoms with van der Waals surface area (Å²) >= 11 is 5.92. The number of rotatable bonds is 4. The maximum atomic E-state index is 9.45. The Hall–Kier alpha value is -0.650. The van der Waals surface area contributed by atoms with E-state index in [-0.39, 0.29) is 6.04 Å². The number of β-amino-alcohol motifs (C(OH)–C–C–N with tert-alkyl or cyclic N) is 2. The lowest BCUT2D eigenvalue weighted by atomic mass is 10.0. The molecule has 0 aliphatic carbocycles. The summed E-state index contributed by atoms with van der Waals surface area (Å²) in [5, 5.41) is 19.6. The molecule has 4 N–H and O–H groups in total. The van der Waals surface area contributed by atoms with Crippen LogP contribution in [-0.2, 0) is 0 Å². The molecule has 3 atom stereocenters. The van der Waals surface area contributed by atoms with Crippen LogP contribution in [0.3, 0.4) is 0 Å². The predicted octanol–water partition coefficient (Wildman–Crippen LogP) is 0.767. The first-order chi connectivity index (χ1) is 8.56. The second kappa shape index (κ2) is 5.99. The largest absolute Gasteiger partial charge is 0.389 e. The summed E-state index contributed by atoms with van der Waals surface area (Å²) < 4.78 is 0. The third-order valence-electron chi connectivity index (χ3n) is 3.37. The summed E-state index contributed by atoms with van der Waals surface area (Å²) in [6.45, 7) is 1.80. The van der Waals surface area contributed by atoms with Gasteiger partial charge in [-0.05, 0) is 24.1 Å². The average Bonchev–Trinajstić information content (AvgIpc) is 2.66. The minimum atomic E-state index is -0.632. The highest BCUT2D eigenvalue weighted by atomic mass is 35.5. The van der Waals surface area contributed by atoms with E-state index in [0.29, 0.717) is 18.1 Å². The van der Waals surface area contributed by atoms with Gasteiger partial charge in [-0.2, -0.15) is 0 Å². The molecule has 1 aliphatic rings. The molecule has 1 aromatic carbocycles. The molecule has 3 unspecified atom stereocenters. The Morgan fingerprint density at radius 1 is 1.33 bits per heavy atom. The summed E-state index contributed by atoms with van der Waals surface area (Å²) in [7, 11) is 0. The van der Waals surface area contributed by atoms with Gasteiger partial charge < -0.3 is 15.9 Å². The first-order valence-corrected chi connectivity index (χ1v) is 6.53. The van der Waals surface area contributed by atoms with Crippen molar-refractivity contribution in [1.29, 1.82) is 0 Å². The zero-order chi connectivity index (χ0) is 13.1. The van der Waals surface area contributed by atoms with Gasteiger partial charge in [0.05, 0.1) is 12.2 Å². The van der Waals surface area contributed by atoms with Gasteiger partial charge in [0.1, 0.15) is 0 Å². The van der Waals surface area contributed by atoms with Crippen molar-refractivity contribution in [1.82, 2.24) is 4.90 Å². The highest BCUT2D eigenvalue weighted by molar-refractivity contribution is 6.30. The van der Waals surface area contributed by atoms with Crippen LogP contribution in [0.2, 0.25) is 5.02 Å². The van der Waals surface area contributed by atoms with Crippen LogP contribution < -0.4 is 5.73 Å². The van der Waals surface area contributed by atoms with Crippen LogP contribution in [-0.4, -0.2) is 47.0 Å². The molecule has 0 saturated carbocycles. The molecular formula is C13H19ClN2O2. The Bertz CT molecular complexity index is 392. The molecule has 5 heteroatoms. The van der Waals surface area contributed by atoms with Gasteiger partial charge in [-0.1, -0.05) is 23.7 Å². The molecule has 1 fully saturated rings. The normalized spacial score (nSPS) is 26.4. The number of hydrogen-bond donors (Lipinski definition) is 3. The van der Waals surface area contributed by atoms with Crippen LogP contribution in [0.25, 0.3) is 0 Å². The summed E-state index contributed by atoms with van der Waals surface area (Å²) in [5.74, 6) is 0. The standard InChI is InChI=1S/C13H19ClN2O2/c14-10-3-1-2-9(6-10)11(15)4-5-16-7-12(17)13(18)8-16/h1-3,6,11-13,17-18H,4-5,7-8,15H2. The Morgan fingerprint density at radius 2 is 2.00 bits per heavy atom. The smallest absolute Gasteiger partial charge is 0.0938 e. The quantitative estimate of drug-likeness (QED) is 0.756. The summed E-state index contributed by atoms with van der Waals surface area (Å²) in [5.41, 5.74) is 7.12. The van der Waals surface area contributed by atoms with E-state index < -0.39 is 12.2 Å². The van der Waals surface area contributed by atoms with E-state index in [9.17, 15) is 10.2 Å².